The summed E-state index contributed by atoms with van der Waals surface area (Å²) in [6, 6.07) is 10.3. The Hall–Kier alpha value is -1.70. The lowest BCUT2D eigenvalue weighted by atomic mass is 9.90. The zero-order chi connectivity index (χ0) is 21.3. The summed E-state index contributed by atoms with van der Waals surface area (Å²) < 4.78 is 36.6. The van der Waals surface area contributed by atoms with Gasteiger partial charge in [0.2, 0.25) is 15.9 Å². The van der Waals surface area contributed by atoms with Crippen LogP contribution in [0.15, 0.2) is 42.5 Å². The van der Waals surface area contributed by atoms with Crippen molar-refractivity contribution in [3.8, 4) is 0 Å². The first-order chi connectivity index (χ1) is 13.8. The maximum absolute atomic E-state index is 11.5. The highest BCUT2D eigenvalue weighted by molar-refractivity contribution is 7.89. The monoisotopic (exact) mass is 423 g/mol. The van der Waals surface area contributed by atoms with Crippen LogP contribution in [-0.4, -0.2) is 33.0 Å². The van der Waals surface area contributed by atoms with Crippen LogP contribution in [0.25, 0.3) is 0 Å². The number of hydrogen-bond acceptors (Lipinski definition) is 5. The van der Waals surface area contributed by atoms with Gasteiger partial charge in [0.05, 0.1) is 19.0 Å². The fraction of sp³-hybridized carbons (Fsp3) is 0.591. The summed E-state index contributed by atoms with van der Waals surface area (Å²) in [5, 5.41) is 0. The third-order valence-electron chi connectivity index (χ3n) is 5.22. The molecular formula is C22H33NO5S. The molecule has 1 heterocycles. The average molecular weight is 424 g/mol. The molecule has 1 amide bonds. The molecule has 0 bridgehead atoms. The smallest absolute Gasteiger partial charge is 0.233 e. The first-order valence-electron chi connectivity index (χ1n) is 10.3. The number of carbonyl (C=O) groups is 1. The normalized spacial score (nSPS) is 21.9. The van der Waals surface area contributed by atoms with E-state index in [1.807, 2.05) is 29.0 Å². The van der Waals surface area contributed by atoms with Gasteiger partial charge in [0.15, 0.2) is 5.79 Å². The van der Waals surface area contributed by atoms with Gasteiger partial charge in [0.25, 0.3) is 0 Å². The fourth-order valence-corrected chi connectivity index (χ4v) is 4.05. The van der Waals surface area contributed by atoms with E-state index in [1.54, 1.807) is 0 Å². The van der Waals surface area contributed by atoms with Crippen LogP contribution in [0.4, 0.5) is 0 Å². The van der Waals surface area contributed by atoms with E-state index in [4.69, 9.17) is 9.47 Å². The largest absolute Gasteiger partial charge is 0.350 e. The predicted molar refractivity (Wildman–Crippen MR) is 114 cm³/mol. The zero-order valence-corrected chi connectivity index (χ0v) is 18.4. The van der Waals surface area contributed by atoms with Crippen molar-refractivity contribution in [2.24, 2.45) is 5.92 Å². The van der Waals surface area contributed by atoms with E-state index < -0.39 is 21.7 Å². The molecule has 1 N–H and O–H groups in total. The molecule has 0 aliphatic carbocycles. The lowest BCUT2D eigenvalue weighted by Gasteiger charge is -2.44. The number of benzene rings is 1. The van der Waals surface area contributed by atoms with E-state index in [2.05, 4.69) is 32.1 Å². The molecule has 6 nitrogen and oxygen atoms in total. The van der Waals surface area contributed by atoms with Gasteiger partial charge < -0.3 is 9.47 Å². The second kappa shape index (κ2) is 10.9. The standard InChI is InChI=1S/C22H33NO5S/c1-4-22(5-2)27-17-19(21(28-22)18-13-10-8-11-14-18)15-9-6-7-12-16-20(24)23-29(3,25)26/h6,8-11,13-14,19,21H,4-5,7,12,15-17H2,1-3H3,(H,23,24)/t19-,21-/m1/s1. The molecule has 7 heteroatoms. The van der Waals surface area contributed by atoms with Crippen molar-refractivity contribution in [2.75, 3.05) is 12.9 Å². The number of allylic oxidation sites excluding steroid dienone is 2. The molecule has 0 radical (unpaired) electrons. The summed E-state index contributed by atoms with van der Waals surface area (Å²) in [7, 11) is -3.48. The van der Waals surface area contributed by atoms with Crippen molar-refractivity contribution in [1.82, 2.24) is 4.72 Å². The van der Waals surface area contributed by atoms with Gasteiger partial charge in [-0.2, -0.15) is 0 Å². The molecule has 1 aliphatic heterocycles. The SMILES string of the molecule is CCC1(CC)OC[C@@H](CC=CCCCC(=O)NS(C)(=O)=O)[C@@H](c2ccccc2)O1. The summed E-state index contributed by atoms with van der Waals surface area (Å²) in [5.74, 6) is -0.767. The molecule has 0 saturated carbocycles. The molecule has 162 valence electrons. The number of unbranched alkanes of at least 4 members (excludes halogenated alkanes) is 1. The van der Waals surface area contributed by atoms with E-state index >= 15 is 0 Å². The van der Waals surface area contributed by atoms with E-state index in [0.29, 0.717) is 13.0 Å². The minimum Gasteiger partial charge on any atom is -0.350 e. The van der Waals surface area contributed by atoms with Crippen LogP contribution < -0.4 is 4.72 Å². The van der Waals surface area contributed by atoms with Crippen LogP contribution in [-0.2, 0) is 24.3 Å². The summed E-state index contributed by atoms with van der Waals surface area (Å²) in [6.07, 6.45) is 9.05. The van der Waals surface area contributed by atoms with Gasteiger partial charge in [-0.3, -0.25) is 9.52 Å². The van der Waals surface area contributed by atoms with Crippen molar-refractivity contribution in [3.05, 3.63) is 48.0 Å². The Kier molecular flexibility index (Phi) is 8.86. The lowest BCUT2D eigenvalue weighted by Crippen LogP contribution is -2.44. The molecule has 1 fully saturated rings. The van der Waals surface area contributed by atoms with Gasteiger partial charge in [-0.15, -0.1) is 0 Å². The predicted octanol–water partition coefficient (Wildman–Crippen LogP) is 4.10. The van der Waals surface area contributed by atoms with E-state index in [0.717, 1.165) is 37.5 Å². The third-order valence-corrected chi connectivity index (χ3v) is 5.81. The van der Waals surface area contributed by atoms with Crippen LogP contribution in [0.5, 0.6) is 0 Å². The Morgan fingerprint density at radius 3 is 2.52 bits per heavy atom. The van der Waals surface area contributed by atoms with Gasteiger partial charge in [-0.25, -0.2) is 8.42 Å². The van der Waals surface area contributed by atoms with E-state index in [1.165, 1.54) is 0 Å². The minimum atomic E-state index is -3.48. The first-order valence-corrected chi connectivity index (χ1v) is 12.2. The molecule has 1 aliphatic rings. The number of carbonyl (C=O) groups excluding carboxylic acids is 1. The summed E-state index contributed by atoms with van der Waals surface area (Å²) in [4.78, 5) is 11.5. The average Bonchev–Trinajstić information content (AvgIpc) is 2.70. The van der Waals surface area contributed by atoms with Crippen molar-refractivity contribution in [1.29, 1.82) is 0 Å². The van der Waals surface area contributed by atoms with Gasteiger partial charge in [-0.05, 0) is 37.7 Å². The molecule has 0 spiro atoms. The van der Waals surface area contributed by atoms with E-state index in [-0.39, 0.29) is 18.4 Å². The third kappa shape index (κ3) is 7.57. The van der Waals surface area contributed by atoms with Crippen LogP contribution in [0.2, 0.25) is 0 Å². The maximum Gasteiger partial charge on any atom is 0.233 e. The van der Waals surface area contributed by atoms with Crippen molar-refractivity contribution in [2.45, 2.75) is 64.3 Å². The summed E-state index contributed by atoms with van der Waals surface area (Å²) in [6.45, 7) is 4.82. The molecule has 2 atom stereocenters. The Bertz CT molecular complexity index is 772. The molecule has 0 unspecified atom stereocenters. The lowest BCUT2D eigenvalue weighted by molar-refractivity contribution is -0.316. The Morgan fingerprint density at radius 2 is 1.90 bits per heavy atom. The van der Waals surface area contributed by atoms with Crippen LogP contribution in [0.3, 0.4) is 0 Å². The Balaban J connectivity index is 1.89. The van der Waals surface area contributed by atoms with Gasteiger partial charge >= 0.3 is 0 Å². The van der Waals surface area contributed by atoms with Crippen molar-refractivity contribution < 1.29 is 22.7 Å². The number of amides is 1. The fourth-order valence-electron chi connectivity index (χ4n) is 3.53. The Labute approximate surface area is 174 Å². The second-order valence-electron chi connectivity index (χ2n) is 7.53. The van der Waals surface area contributed by atoms with Crippen LogP contribution in [0, 0.1) is 5.92 Å². The highest BCUT2D eigenvalue weighted by Gasteiger charge is 2.40. The number of rotatable bonds is 10. The topological polar surface area (TPSA) is 81.7 Å². The maximum atomic E-state index is 11.5. The zero-order valence-electron chi connectivity index (χ0n) is 17.6. The van der Waals surface area contributed by atoms with E-state index in [9.17, 15) is 13.2 Å². The van der Waals surface area contributed by atoms with Crippen molar-refractivity contribution >= 4 is 15.9 Å². The number of hydrogen-bond donors (Lipinski definition) is 1. The molecule has 29 heavy (non-hydrogen) atoms. The van der Waals surface area contributed by atoms with Gasteiger partial charge in [0.1, 0.15) is 0 Å². The number of sulfonamides is 1. The summed E-state index contributed by atoms with van der Waals surface area (Å²) in [5.41, 5.74) is 1.16. The molecule has 0 aromatic heterocycles. The second-order valence-corrected chi connectivity index (χ2v) is 9.28. The Morgan fingerprint density at radius 1 is 1.21 bits per heavy atom. The molecule has 1 aromatic rings. The summed E-state index contributed by atoms with van der Waals surface area (Å²) >= 11 is 0. The molecule has 1 saturated heterocycles. The van der Waals surface area contributed by atoms with Crippen LogP contribution >= 0.6 is 0 Å². The quantitative estimate of drug-likeness (QED) is 0.453. The first kappa shape index (κ1) is 23.6. The van der Waals surface area contributed by atoms with Gasteiger partial charge in [-0.1, -0.05) is 56.3 Å². The highest BCUT2D eigenvalue weighted by Crippen LogP contribution is 2.41. The molecular weight excluding hydrogens is 390 g/mol. The van der Waals surface area contributed by atoms with Crippen LogP contribution in [0.1, 0.15) is 64.0 Å². The van der Waals surface area contributed by atoms with Crippen molar-refractivity contribution in [3.63, 3.8) is 0 Å². The molecule has 1 aromatic carbocycles. The molecule has 2 rings (SSSR count). The minimum absolute atomic E-state index is 0.0185. The van der Waals surface area contributed by atoms with Gasteiger partial charge in [0, 0.05) is 12.3 Å². The number of ether oxygens (including phenoxy) is 2. The highest BCUT2D eigenvalue weighted by atomic mass is 32.2. The number of nitrogens with one attached hydrogen (secondary N) is 1.